The van der Waals surface area contributed by atoms with Crippen molar-refractivity contribution in [3.63, 3.8) is 0 Å². The van der Waals surface area contributed by atoms with Gasteiger partial charge in [0.25, 0.3) is 5.91 Å². The van der Waals surface area contributed by atoms with Crippen LogP contribution < -0.4 is 10.6 Å². The maximum Gasteiger partial charge on any atom is 0.251 e. The Hall–Kier alpha value is -1.65. The van der Waals surface area contributed by atoms with Gasteiger partial charge in [-0.05, 0) is 41.8 Å². The summed E-state index contributed by atoms with van der Waals surface area (Å²) in [4.78, 5) is 11.9. The second-order valence-electron chi connectivity index (χ2n) is 5.54. The van der Waals surface area contributed by atoms with Gasteiger partial charge < -0.3 is 10.6 Å². The van der Waals surface area contributed by atoms with Crippen LogP contribution in [0.2, 0.25) is 0 Å². The topological polar surface area (TPSA) is 41.1 Å². The minimum absolute atomic E-state index is 0.00657. The summed E-state index contributed by atoms with van der Waals surface area (Å²) in [7, 11) is 0. The van der Waals surface area contributed by atoms with Gasteiger partial charge >= 0.3 is 0 Å². The van der Waals surface area contributed by atoms with Crippen LogP contribution in [0.3, 0.4) is 0 Å². The fourth-order valence-electron chi connectivity index (χ4n) is 2.25. The molecule has 0 aliphatic carbocycles. The fourth-order valence-corrected chi connectivity index (χ4v) is 2.70. The lowest BCUT2D eigenvalue weighted by Gasteiger charge is -2.07. The van der Waals surface area contributed by atoms with Crippen LogP contribution in [-0.4, -0.2) is 12.5 Å². The largest absolute Gasteiger partial charge is 0.352 e. The molecule has 4 heteroatoms. The summed E-state index contributed by atoms with van der Waals surface area (Å²) >= 11 is 3.48. The van der Waals surface area contributed by atoms with Crippen molar-refractivity contribution in [2.24, 2.45) is 0 Å². The molecule has 2 aromatic carbocycles. The highest BCUT2D eigenvalue weighted by Crippen LogP contribution is 2.11. The predicted molar refractivity (Wildman–Crippen MR) is 98.4 cm³/mol. The standard InChI is InChI=1S/C19H23BrN2O/c1-2-3-11-22-19(23)17-9-7-15(8-10-17)13-21-14-16-5-4-6-18(20)12-16/h4-10,12,21H,2-3,11,13-14H2,1H3,(H,22,23). The van der Waals surface area contributed by atoms with Crippen LogP contribution in [-0.2, 0) is 13.1 Å². The predicted octanol–water partition coefficient (Wildman–Crippen LogP) is 4.27. The zero-order valence-corrected chi connectivity index (χ0v) is 15.0. The molecule has 0 atom stereocenters. The Labute approximate surface area is 146 Å². The number of halogens is 1. The molecule has 2 N–H and O–H groups in total. The Morgan fingerprint density at radius 2 is 1.78 bits per heavy atom. The van der Waals surface area contributed by atoms with E-state index in [1.807, 2.05) is 36.4 Å². The highest BCUT2D eigenvalue weighted by Gasteiger charge is 2.04. The van der Waals surface area contributed by atoms with Crippen molar-refractivity contribution in [1.29, 1.82) is 0 Å². The van der Waals surface area contributed by atoms with E-state index in [0.29, 0.717) is 0 Å². The summed E-state index contributed by atoms with van der Waals surface area (Å²) in [6.07, 6.45) is 2.10. The van der Waals surface area contributed by atoms with E-state index in [4.69, 9.17) is 0 Å². The third-order valence-corrected chi connectivity index (χ3v) is 4.07. The lowest BCUT2D eigenvalue weighted by Crippen LogP contribution is -2.24. The van der Waals surface area contributed by atoms with Crippen LogP contribution in [0, 0.1) is 0 Å². The lowest BCUT2D eigenvalue weighted by atomic mass is 10.1. The number of nitrogens with one attached hydrogen (secondary N) is 2. The van der Waals surface area contributed by atoms with E-state index >= 15 is 0 Å². The Morgan fingerprint density at radius 1 is 1.04 bits per heavy atom. The van der Waals surface area contributed by atoms with Gasteiger partial charge in [-0.25, -0.2) is 0 Å². The molecule has 0 radical (unpaired) electrons. The third kappa shape index (κ3) is 6.16. The van der Waals surface area contributed by atoms with Crippen molar-refractivity contribution < 1.29 is 4.79 Å². The molecule has 23 heavy (non-hydrogen) atoms. The molecule has 2 aromatic rings. The Morgan fingerprint density at radius 3 is 2.48 bits per heavy atom. The molecule has 0 bridgehead atoms. The smallest absolute Gasteiger partial charge is 0.251 e. The molecule has 0 saturated carbocycles. The number of hydrogen-bond donors (Lipinski definition) is 2. The first-order valence-corrected chi connectivity index (χ1v) is 8.80. The molecule has 0 saturated heterocycles. The summed E-state index contributed by atoms with van der Waals surface area (Å²) in [5, 5.41) is 6.34. The van der Waals surface area contributed by atoms with Gasteiger partial charge in [-0.1, -0.05) is 53.5 Å². The van der Waals surface area contributed by atoms with Crippen molar-refractivity contribution in [1.82, 2.24) is 10.6 Å². The number of hydrogen-bond acceptors (Lipinski definition) is 2. The van der Waals surface area contributed by atoms with E-state index in [0.717, 1.165) is 42.5 Å². The molecule has 0 aromatic heterocycles. The average molecular weight is 375 g/mol. The van der Waals surface area contributed by atoms with Crippen LogP contribution in [0.25, 0.3) is 0 Å². The third-order valence-electron chi connectivity index (χ3n) is 3.58. The minimum atomic E-state index is 0.00657. The van der Waals surface area contributed by atoms with Crippen molar-refractivity contribution in [2.75, 3.05) is 6.54 Å². The van der Waals surface area contributed by atoms with E-state index in [-0.39, 0.29) is 5.91 Å². The molecule has 0 fully saturated rings. The van der Waals surface area contributed by atoms with Gasteiger partial charge in [0.15, 0.2) is 0 Å². The first-order chi connectivity index (χ1) is 11.2. The molecule has 0 unspecified atom stereocenters. The number of rotatable bonds is 8. The van der Waals surface area contributed by atoms with Crippen molar-refractivity contribution >= 4 is 21.8 Å². The summed E-state index contributed by atoms with van der Waals surface area (Å²) < 4.78 is 1.09. The highest BCUT2D eigenvalue weighted by molar-refractivity contribution is 9.10. The van der Waals surface area contributed by atoms with Gasteiger partial charge in [0.1, 0.15) is 0 Å². The van der Waals surface area contributed by atoms with Crippen LogP contribution in [0.4, 0.5) is 0 Å². The molecule has 0 aliphatic rings. The normalized spacial score (nSPS) is 10.5. The van der Waals surface area contributed by atoms with Gasteiger partial charge in [0.2, 0.25) is 0 Å². The van der Waals surface area contributed by atoms with E-state index in [9.17, 15) is 4.79 Å². The molecular formula is C19H23BrN2O. The first kappa shape index (κ1) is 17.7. The summed E-state index contributed by atoms with van der Waals surface area (Å²) in [6.45, 7) is 4.45. The van der Waals surface area contributed by atoms with E-state index in [1.165, 1.54) is 11.1 Å². The number of carbonyl (C=O) groups excluding carboxylic acids is 1. The highest BCUT2D eigenvalue weighted by atomic mass is 79.9. The quantitative estimate of drug-likeness (QED) is 0.677. The van der Waals surface area contributed by atoms with Gasteiger partial charge in [-0.3, -0.25) is 4.79 Å². The maximum atomic E-state index is 11.9. The van der Waals surface area contributed by atoms with Crippen LogP contribution in [0.1, 0.15) is 41.3 Å². The Bertz CT molecular complexity index is 626. The van der Waals surface area contributed by atoms with Crippen LogP contribution >= 0.6 is 15.9 Å². The van der Waals surface area contributed by atoms with E-state index in [2.05, 4.69) is 45.6 Å². The monoisotopic (exact) mass is 374 g/mol. The Balaban J connectivity index is 1.79. The molecule has 1 amide bonds. The van der Waals surface area contributed by atoms with Gasteiger partial charge in [0, 0.05) is 29.7 Å². The molecule has 2 rings (SSSR count). The minimum Gasteiger partial charge on any atom is -0.352 e. The lowest BCUT2D eigenvalue weighted by molar-refractivity contribution is 0.0953. The van der Waals surface area contributed by atoms with E-state index in [1.54, 1.807) is 0 Å². The van der Waals surface area contributed by atoms with Crippen LogP contribution in [0.5, 0.6) is 0 Å². The number of amides is 1. The zero-order chi connectivity index (χ0) is 16.5. The van der Waals surface area contributed by atoms with Crippen molar-refractivity contribution in [3.05, 3.63) is 69.7 Å². The second-order valence-corrected chi connectivity index (χ2v) is 6.46. The van der Waals surface area contributed by atoms with Crippen molar-refractivity contribution in [2.45, 2.75) is 32.9 Å². The molecular weight excluding hydrogens is 352 g/mol. The molecule has 122 valence electrons. The molecule has 0 heterocycles. The number of unbranched alkanes of at least 4 members (excludes halogenated alkanes) is 1. The molecule has 0 spiro atoms. The van der Waals surface area contributed by atoms with Gasteiger partial charge in [-0.15, -0.1) is 0 Å². The summed E-state index contributed by atoms with van der Waals surface area (Å²) in [5.41, 5.74) is 3.13. The number of benzene rings is 2. The van der Waals surface area contributed by atoms with Crippen LogP contribution in [0.15, 0.2) is 53.0 Å². The van der Waals surface area contributed by atoms with Crippen molar-refractivity contribution in [3.8, 4) is 0 Å². The summed E-state index contributed by atoms with van der Waals surface area (Å²) in [6, 6.07) is 16.0. The maximum absolute atomic E-state index is 11.9. The first-order valence-electron chi connectivity index (χ1n) is 8.01. The SMILES string of the molecule is CCCCNC(=O)c1ccc(CNCc2cccc(Br)c2)cc1. The fraction of sp³-hybridized carbons (Fsp3) is 0.316. The molecule has 3 nitrogen and oxygen atoms in total. The van der Waals surface area contributed by atoms with Gasteiger partial charge in [0.05, 0.1) is 0 Å². The number of carbonyl (C=O) groups is 1. The molecule has 0 aliphatic heterocycles. The zero-order valence-electron chi connectivity index (χ0n) is 13.4. The average Bonchev–Trinajstić information content (AvgIpc) is 2.56. The second kappa shape index (κ2) is 9.48. The summed E-state index contributed by atoms with van der Waals surface area (Å²) in [5.74, 6) is 0.00657. The van der Waals surface area contributed by atoms with Gasteiger partial charge in [-0.2, -0.15) is 0 Å². The van der Waals surface area contributed by atoms with E-state index < -0.39 is 0 Å². The Kier molecular flexibility index (Phi) is 7.30.